The molecule has 7 heteroatoms. The smallest absolute Gasteiger partial charge is 0.276 e. The molecule has 3 aromatic rings. The molecular weight excluding hydrogens is 394 g/mol. The van der Waals surface area contributed by atoms with Crippen molar-refractivity contribution >= 4 is 5.91 Å². The molecule has 1 aliphatic rings. The molecule has 0 N–H and O–H groups in total. The van der Waals surface area contributed by atoms with E-state index in [-0.39, 0.29) is 12.5 Å². The number of carbonyl (C=O) groups is 1. The lowest BCUT2D eigenvalue weighted by Gasteiger charge is -2.34. The van der Waals surface area contributed by atoms with Gasteiger partial charge in [-0.3, -0.25) is 9.69 Å². The summed E-state index contributed by atoms with van der Waals surface area (Å²) in [6, 6.07) is 17.6. The minimum Gasteiger partial charge on any atom is -0.497 e. The molecule has 1 amide bonds. The highest BCUT2D eigenvalue weighted by Gasteiger charge is 2.28. The van der Waals surface area contributed by atoms with Crippen LogP contribution in [0.1, 0.15) is 27.4 Å². The minimum absolute atomic E-state index is 0.107. The molecule has 4 rings (SSSR count). The fourth-order valence-corrected chi connectivity index (χ4v) is 3.69. The van der Waals surface area contributed by atoms with E-state index in [1.165, 1.54) is 5.56 Å². The average Bonchev–Trinajstić information content (AvgIpc) is 3.18. The largest absolute Gasteiger partial charge is 0.497 e. The molecule has 31 heavy (non-hydrogen) atoms. The van der Waals surface area contributed by atoms with Gasteiger partial charge in [0.1, 0.15) is 23.9 Å². The third-order valence-corrected chi connectivity index (χ3v) is 5.51. The number of rotatable bonds is 7. The summed E-state index contributed by atoms with van der Waals surface area (Å²) in [7, 11) is 1.67. The van der Waals surface area contributed by atoms with Crippen LogP contribution in [0, 0.1) is 6.92 Å². The fourth-order valence-electron chi connectivity index (χ4n) is 3.69. The number of ether oxygens (including phenoxy) is 2. The summed E-state index contributed by atoms with van der Waals surface area (Å²) in [5.41, 5.74) is 2.24. The number of para-hydroxylation sites is 1. The Balaban J connectivity index is 1.35. The number of aromatic nitrogens is 1. The lowest BCUT2D eigenvalue weighted by molar-refractivity contribution is 0.0616. The second-order valence-corrected chi connectivity index (χ2v) is 7.59. The fraction of sp³-hybridized carbons (Fsp3) is 0.333. The van der Waals surface area contributed by atoms with Crippen LogP contribution in [0.2, 0.25) is 0 Å². The number of piperazine rings is 1. The Labute approximate surface area is 182 Å². The van der Waals surface area contributed by atoms with Gasteiger partial charge in [0.05, 0.1) is 12.7 Å². The molecule has 1 fully saturated rings. The standard InChI is InChI=1S/C24H27N3O4/c1-18-22(17-30-20-8-4-3-5-9-20)23(25-31-18)24(28)27-13-11-26(12-14-27)16-19-7-6-10-21(15-19)29-2/h3-10,15H,11-14,16-17H2,1-2H3. The number of carbonyl (C=O) groups excluding carboxylic acids is 1. The van der Waals surface area contributed by atoms with E-state index < -0.39 is 0 Å². The number of nitrogens with zero attached hydrogens (tertiary/aromatic N) is 3. The van der Waals surface area contributed by atoms with Gasteiger partial charge in [-0.25, -0.2) is 0 Å². The predicted octanol–water partition coefficient (Wildman–Crippen LogP) is 3.53. The minimum atomic E-state index is -0.107. The third-order valence-electron chi connectivity index (χ3n) is 5.51. The first-order chi connectivity index (χ1) is 15.1. The molecule has 0 bridgehead atoms. The number of hydrogen-bond donors (Lipinski definition) is 0. The molecule has 0 aliphatic carbocycles. The first-order valence-electron chi connectivity index (χ1n) is 10.4. The van der Waals surface area contributed by atoms with Crippen molar-refractivity contribution in [3.8, 4) is 11.5 Å². The van der Waals surface area contributed by atoms with Gasteiger partial charge in [0.15, 0.2) is 5.69 Å². The second-order valence-electron chi connectivity index (χ2n) is 7.59. The Morgan fingerprint density at radius 1 is 1.03 bits per heavy atom. The highest BCUT2D eigenvalue weighted by atomic mass is 16.5. The van der Waals surface area contributed by atoms with E-state index in [1.54, 1.807) is 14.0 Å². The first-order valence-corrected chi connectivity index (χ1v) is 10.4. The molecule has 1 aliphatic heterocycles. The molecule has 0 atom stereocenters. The summed E-state index contributed by atoms with van der Waals surface area (Å²) in [5.74, 6) is 2.10. The van der Waals surface area contributed by atoms with Crippen molar-refractivity contribution in [2.45, 2.75) is 20.1 Å². The normalized spacial score (nSPS) is 14.5. The summed E-state index contributed by atoms with van der Waals surface area (Å²) in [6.07, 6.45) is 0. The molecule has 2 aromatic carbocycles. The Hall–Kier alpha value is -3.32. The van der Waals surface area contributed by atoms with Crippen LogP contribution in [0.25, 0.3) is 0 Å². The van der Waals surface area contributed by atoms with Crippen molar-refractivity contribution in [2.24, 2.45) is 0 Å². The van der Waals surface area contributed by atoms with Crippen LogP contribution in [0.3, 0.4) is 0 Å². The van der Waals surface area contributed by atoms with Crippen molar-refractivity contribution in [1.82, 2.24) is 15.0 Å². The number of amides is 1. The summed E-state index contributed by atoms with van der Waals surface area (Å²) in [6.45, 7) is 5.78. The Kier molecular flexibility index (Phi) is 6.52. The predicted molar refractivity (Wildman–Crippen MR) is 116 cm³/mol. The Morgan fingerprint density at radius 3 is 2.52 bits per heavy atom. The van der Waals surface area contributed by atoms with Crippen molar-refractivity contribution in [3.05, 3.63) is 77.2 Å². The van der Waals surface area contributed by atoms with E-state index in [0.29, 0.717) is 30.1 Å². The van der Waals surface area contributed by atoms with Crippen molar-refractivity contribution < 1.29 is 18.8 Å². The van der Waals surface area contributed by atoms with Crippen LogP contribution in [0.15, 0.2) is 59.1 Å². The maximum absolute atomic E-state index is 13.1. The van der Waals surface area contributed by atoms with E-state index in [0.717, 1.165) is 31.1 Å². The van der Waals surface area contributed by atoms with E-state index >= 15 is 0 Å². The van der Waals surface area contributed by atoms with E-state index in [9.17, 15) is 4.79 Å². The Bertz CT molecular complexity index is 1010. The van der Waals surface area contributed by atoms with Crippen LogP contribution in [0.4, 0.5) is 0 Å². The quantitative estimate of drug-likeness (QED) is 0.581. The molecule has 7 nitrogen and oxygen atoms in total. The van der Waals surface area contributed by atoms with Gasteiger partial charge < -0.3 is 18.9 Å². The summed E-state index contributed by atoms with van der Waals surface area (Å²) in [4.78, 5) is 17.3. The zero-order chi connectivity index (χ0) is 21.6. The van der Waals surface area contributed by atoms with Crippen molar-refractivity contribution in [1.29, 1.82) is 0 Å². The number of benzene rings is 2. The monoisotopic (exact) mass is 421 g/mol. The lowest BCUT2D eigenvalue weighted by atomic mass is 10.1. The van der Waals surface area contributed by atoms with Crippen molar-refractivity contribution in [2.75, 3.05) is 33.3 Å². The van der Waals surface area contributed by atoms with E-state index in [4.69, 9.17) is 14.0 Å². The van der Waals surface area contributed by atoms with Gasteiger partial charge in [0, 0.05) is 32.7 Å². The van der Waals surface area contributed by atoms with Gasteiger partial charge in [0.25, 0.3) is 5.91 Å². The number of methoxy groups -OCH3 is 1. The zero-order valence-electron chi connectivity index (χ0n) is 17.9. The van der Waals surface area contributed by atoms with Gasteiger partial charge in [-0.1, -0.05) is 35.5 Å². The molecular formula is C24H27N3O4. The molecule has 0 radical (unpaired) electrons. The van der Waals surface area contributed by atoms with Crippen LogP contribution in [0.5, 0.6) is 11.5 Å². The van der Waals surface area contributed by atoms with Gasteiger partial charge in [-0.2, -0.15) is 0 Å². The van der Waals surface area contributed by atoms with Crippen LogP contribution in [-0.2, 0) is 13.2 Å². The maximum Gasteiger partial charge on any atom is 0.276 e. The van der Waals surface area contributed by atoms with E-state index in [2.05, 4.69) is 22.2 Å². The summed E-state index contributed by atoms with van der Waals surface area (Å²) < 4.78 is 16.4. The van der Waals surface area contributed by atoms with Gasteiger partial charge in [-0.15, -0.1) is 0 Å². The molecule has 1 saturated heterocycles. The summed E-state index contributed by atoms with van der Waals surface area (Å²) >= 11 is 0. The van der Waals surface area contributed by atoms with E-state index in [1.807, 2.05) is 47.4 Å². The molecule has 0 spiro atoms. The molecule has 0 unspecified atom stereocenters. The van der Waals surface area contributed by atoms with Gasteiger partial charge in [-0.05, 0) is 36.8 Å². The summed E-state index contributed by atoms with van der Waals surface area (Å²) in [5, 5.41) is 4.04. The third kappa shape index (κ3) is 5.06. The highest BCUT2D eigenvalue weighted by Crippen LogP contribution is 2.20. The zero-order valence-corrected chi connectivity index (χ0v) is 17.9. The molecule has 162 valence electrons. The molecule has 0 saturated carbocycles. The van der Waals surface area contributed by atoms with Crippen LogP contribution < -0.4 is 9.47 Å². The molecule has 1 aromatic heterocycles. The topological polar surface area (TPSA) is 68.0 Å². The lowest BCUT2D eigenvalue weighted by Crippen LogP contribution is -2.48. The maximum atomic E-state index is 13.1. The van der Waals surface area contributed by atoms with Crippen LogP contribution >= 0.6 is 0 Å². The average molecular weight is 421 g/mol. The van der Waals surface area contributed by atoms with Gasteiger partial charge in [0.2, 0.25) is 0 Å². The SMILES string of the molecule is COc1cccc(CN2CCN(C(=O)c3noc(C)c3COc3ccccc3)CC2)c1. The molecule has 2 heterocycles. The van der Waals surface area contributed by atoms with Crippen LogP contribution in [-0.4, -0.2) is 54.2 Å². The first kappa shape index (κ1) is 20.9. The number of aryl methyl sites for hydroxylation is 1. The second kappa shape index (κ2) is 9.66. The van der Waals surface area contributed by atoms with Crippen molar-refractivity contribution in [3.63, 3.8) is 0 Å². The number of hydrogen-bond acceptors (Lipinski definition) is 6. The Morgan fingerprint density at radius 2 is 1.77 bits per heavy atom. The highest BCUT2D eigenvalue weighted by molar-refractivity contribution is 5.93. The van der Waals surface area contributed by atoms with Gasteiger partial charge >= 0.3 is 0 Å².